The molecule has 0 radical (unpaired) electrons. The van der Waals surface area contributed by atoms with Gasteiger partial charge in [0.1, 0.15) is 6.10 Å². The van der Waals surface area contributed by atoms with Gasteiger partial charge in [-0.25, -0.2) is 4.98 Å². The van der Waals surface area contributed by atoms with Crippen LogP contribution in [0.4, 0.5) is 0 Å². The molecule has 6 fully saturated rings. The number of piperidine rings is 1. The van der Waals surface area contributed by atoms with Gasteiger partial charge in [-0.1, -0.05) is 6.07 Å². The zero-order valence-electron chi connectivity index (χ0n) is 16.8. The molecule has 150 valence electrons. The van der Waals surface area contributed by atoms with Gasteiger partial charge in [0.05, 0.1) is 0 Å². The minimum atomic E-state index is 0.205. The van der Waals surface area contributed by atoms with Crippen LogP contribution in [0.25, 0.3) is 0 Å². The van der Waals surface area contributed by atoms with E-state index in [0.29, 0.717) is 23.4 Å². The summed E-state index contributed by atoms with van der Waals surface area (Å²) in [5.74, 6) is 3.96. The Morgan fingerprint density at radius 1 is 1.00 bits per heavy atom. The van der Waals surface area contributed by atoms with E-state index in [4.69, 9.17) is 4.74 Å². The van der Waals surface area contributed by atoms with E-state index in [1.165, 1.54) is 38.5 Å². The van der Waals surface area contributed by atoms with Crippen molar-refractivity contribution < 1.29 is 9.53 Å². The number of fused-ring (bicyclic) bond motifs is 2. The highest BCUT2D eigenvalue weighted by Gasteiger charge is 2.53. The van der Waals surface area contributed by atoms with Crippen LogP contribution in [-0.4, -0.2) is 34.0 Å². The molecule has 2 atom stereocenters. The third kappa shape index (κ3) is 2.95. The number of ether oxygens (including phenoxy) is 1. The number of hydrogen-bond acceptors (Lipinski definition) is 3. The van der Waals surface area contributed by atoms with Crippen LogP contribution in [0.15, 0.2) is 24.4 Å². The zero-order valence-corrected chi connectivity index (χ0v) is 16.8. The Bertz CT molecular complexity index is 699. The Hall–Kier alpha value is -1.58. The Morgan fingerprint density at radius 2 is 1.64 bits per heavy atom. The summed E-state index contributed by atoms with van der Waals surface area (Å²) < 4.78 is 6.15. The molecule has 4 aliphatic carbocycles. The third-order valence-electron chi connectivity index (χ3n) is 8.59. The molecule has 4 saturated carbocycles. The number of aromatic nitrogens is 1. The lowest BCUT2D eigenvalue weighted by atomic mass is 9.49. The van der Waals surface area contributed by atoms with Gasteiger partial charge in [-0.2, -0.15) is 0 Å². The lowest BCUT2D eigenvalue weighted by Crippen LogP contribution is -2.53. The van der Waals surface area contributed by atoms with Crippen molar-refractivity contribution in [3.63, 3.8) is 0 Å². The van der Waals surface area contributed by atoms with Gasteiger partial charge in [0, 0.05) is 43.6 Å². The van der Waals surface area contributed by atoms with Crippen LogP contribution in [0, 0.1) is 23.2 Å². The van der Waals surface area contributed by atoms with Gasteiger partial charge in [-0.3, -0.25) is 4.79 Å². The second-order valence-electron chi connectivity index (χ2n) is 10.7. The molecular formula is C24H32N2O2. The van der Waals surface area contributed by atoms with E-state index in [9.17, 15) is 4.79 Å². The molecule has 6 bridgehead atoms. The minimum absolute atomic E-state index is 0.205. The lowest BCUT2D eigenvalue weighted by molar-refractivity contribution is -0.145. The van der Waals surface area contributed by atoms with Gasteiger partial charge in [0.2, 0.25) is 11.8 Å². The van der Waals surface area contributed by atoms with Crippen molar-refractivity contribution in [2.24, 2.45) is 23.2 Å². The van der Waals surface area contributed by atoms with Crippen LogP contribution in [0.5, 0.6) is 5.88 Å². The maximum absolute atomic E-state index is 13.5. The molecule has 2 saturated heterocycles. The fourth-order valence-corrected chi connectivity index (χ4v) is 8.14. The van der Waals surface area contributed by atoms with E-state index in [0.717, 1.165) is 55.7 Å². The fraction of sp³-hybridized carbons (Fsp3) is 0.750. The number of pyridine rings is 1. The highest BCUT2D eigenvalue weighted by Crippen LogP contribution is 2.61. The Morgan fingerprint density at radius 3 is 2.21 bits per heavy atom. The van der Waals surface area contributed by atoms with Crippen molar-refractivity contribution in [2.45, 2.75) is 88.8 Å². The largest absolute Gasteiger partial charge is 0.474 e. The number of carbonyl (C=O) groups excluding carboxylic acids is 1. The number of amides is 1. The smallest absolute Gasteiger partial charge is 0.223 e. The van der Waals surface area contributed by atoms with E-state index in [1.807, 2.05) is 18.2 Å². The Labute approximate surface area is 168 Å². The van der Waals surface area contributed by atoms with E-state index < -0.39 is 0 Å². The van der Waals surface area contributed by atoms with Crippen LogP contribution in [0.1, 0.15) is 70.6 Å². The number of hydrogen-bond donors (Lipinski definition) is 0. The molecule has 2 aliphatic heterocycles. The Kier molecular flexibility index (Phi) is 3.99. The predicted octanol–water partition coefficient (Wildman–Crippen LogP) is 4.59. The molecule has 6 aliphatic rings. The van der Waals surface area contributed by atoms with Gasteiger partial charge < -0.3 is 9.64 Å². The molecule has 28 heavy (non-hydrogen) atoms. The fourth-order valence-electron chi connectivity index (χ4n) is 8.14. The summed E-state index contributed by atoms with van der Waals surface area (Å²) in [6, 6.07) is 6.60. The first kappa shape index (κ1) is 17.3. The van der Waals surface area contributed by atoms with Crippen molar-refractivity contribution in [3.05, 3.63) is 24.4 Å². The van der Waals surface area contributed by atoms with Crippen LogP contribution in [0.2, 0.25) is 0 Å². The molecule has 0 spiro atoms. The first-order valence-electron chi connectivity index (χ1n) is 11.5. The molecule has 3 heterocycles. The molecule has 1 aromatic rings. The molecule has 7 rings (SSSR count). The van der Waals surface area contributed by atoms with E-state index >= 15 is 0 Å². The maximum atomic E-state index is 13.5. The van der Waals surface area contributed by atoms with Crippen LogP contribution in [-0.2, 0) is 4.79 Å². The van der Waals surface area contributed by atoms with Crippen molar-refractivity contribution in [2.75, 3.05) is 0 Å². The van der Waals surface area contributed by atoms with Crippen molar-refractivity contribution >= 4 is 5.91 Å². The summed E-state index contributed by atoms with van der Waals surface area (Å²) in [7, 11) is 0. The second kappa shape index (κ2) is 6.47. The predicted molar refractivity (Wildman–Crippen MR) is 107 cm³/mol. The summed E-state index contributed by atoms with van der Waals surface area (Å²) in [6.45, 7) is 0. The average Bonchev–Trinajstić information content (AvgIpc) is 2.92. The van der Waals surface area contributed by atoms with Gasteiger partial charge in [0.15, 0.2) is 0 Å². The summed E-state index contributed by atoms with van der Waals surface area (Å²) in [5, 5.41) is 0. The van der Waals surface area contributed by atoms with E-state index in [-0.39, 0.29) is 6.10 Å². The monoisotopic (exact) mass is 380 g/mol. The van der Waals surface area contributed by atoms with Crippen molar-refractivity contribution in [1.82, 2.24) is 9.88 Å². The highest BCUT2D eigenvalue weighted by atomic mass is 16.5. The molecule has 2 unspecified atom stereocenters. The molecule has 4 heteroatoms. The zero-order chi connectivity index (χ0) is 18.7. The minimum Gasteiger partial charge on any atom is -0.474 e. The SMILES string of the molecule is O=C(CC12CC3CC(CC(C3)C1)C2)N1C2CCC1CC(Oc1ccccn1)C2. The molecule has 1 aromatic heterocycles. The maximum Gasteiger partial charge on any atom is 0.223 e. The van der Waals surface area contributed by atoms with Gasteiger partial charge >= 0.3 is 0 Å². The summed E-state index contributed by atoms with van der Waals surface area (Å²) in [4.78, 5) is 20.1. The average molecular weight is 381 g/mol. The van der Waals surface area contributed by atoms with Crippen LogP contribution < -0.4 is 4.74 Å². The standard InChI is InChI=1S/C24H32N2O2/c27-23(15-24-12-16-7-17(13-24)9-18(8-16)14-24)26-19-4-5-20(26)11-21(10-19)28-22-3-1-2-6-25-22/h1-3,6,16-21H,4-5,7-15H2. The van der Waals surface area contributed by atoms with Crippen LogP contribution >= 0.6 is 0 Å². The Balaban J connectivity index is 1.13. The normalized spacial score (nSPS) is 43.4. The van der Waals surface area contributed by atoms with Crippen LogP contribution in [0.3, 0.4) is 0 Å². The number of nitrogens with zero attached hydrogens (tertiary/aromatic N) is 2. The van der Waals surface area contributed by atoms with Crippen molar-refractivity contribution in [1.29, 1.82) is 0 Å². The van der Waals surface area contributed by atoms with E-state index in [2.05, 4.69) is 9.88 Å². The lowest BCUT2D eigenvalue weighted by Gasteiger charge is -2.57. The molecule has 1 amide bonds. The number of rotatable bonds is 4. The topological polar surface area (TPSA) is 42.4 Å². The molecular weight excluding hydrogens is 348 g/mol. The quantitative estimate of drug-likeness (QED) is 0.767. The second-order valence-corrected chi connectivity index (χ2v) is 10.7. The van der Waals surface area contributed by atoms with Gasteiger partial charge in [0.25, 0.3) is 0 Å². The molecule has 0 aromatic carbocycles. The van der Waals surface area contributed by atoms with Gasteiger partial charge in [-0.15, -0.1) is 0 Å². The van der Waals surface area contributed by atoms with Gasteiger partial charge in [-0.05, 0) is 80.6 Å². The first-order chi connectivity index (χ1) is 13.7. The first-order valence-corrected chi connectivity index (χ1v) is 11.5. The summed E-state index contributed by atoms with van der Waals surface area (Å²) in [5.41, 5.74) is 0.354. The summed E-state index contributed by atoms with van der Waals surface area (Å²) >= 11 is 0. The molecule has 4 nitrogen and oxygen atoms in total. The molecule has 0 N–H and O–H groups in total. The highest BCUT2D eigenvalue weighted by molar-refractivity contribution is 5.78. The third-order valence-corrected chi connectivity index (χ3v) is 8.59. The number of carbonyl (C=O) groups is 1. The summed E-state index contributed by atoms with van der Waals surface area (Å²) in [6.07, 6.45) is 15.4. The van der Waals surface area contributed by atoms with Crippen molar-refractivity contribution in [3.8, 4) is 5.88 Å². The van der Waals surface area contributed by atoms with E-state index in [1.54, 1.807) is 6.20 Å².